The van der Waals surface area contributed by atoms with Crippen molar-refractivity contribution in [2.24, 2.45) is 0 Å². The van der Waals surface area contributed by atoms with Gasteiger partial charge in [0.25, 0.3) is 5.56 Å². The first-order valence-electron chi connectivity index (χ1n) is 4.28. The van der Waals surface area contributed by atoms with Crippen LogP contribution < -0.4 is 17.0 Å². The lowest BCUT2D eigenvalue weighted by Gasteiger charge is -2.12. The molecule has 1 aromatic heterocycles. The molecule has 3 N–H and O–H groups in total. The second kappa shape index (κ2) is 3.95. The zero-order valence-corrected chi connectivity index (χ0v) is 7.99. The highest BCUT2D eigenvalue weighted by Crippen LogP contribution is 2.07. The fourth-order valence-corrected chi connectivity index (χ4v) is 1.18. The molecule has 0 aliphatic heterocycles. The predicted octanol–water partition coefficient (Wildman–Crippen LogP) is 0.256. The van der Waals surface area contributed by atoms with Gasteiger partial charge in [0.15, 0.2) is 0 Å². The lowest BCUT2D eigenvalue weighted by molar-refractivity contribution is 0.524. The number of nitrogens with zero attached hydrogens (tertiary/aromatic N) is 1. The van der Waals surface area contributed by atoms with E-state index >= 15 is 0 Å². The summed E-state index contributed by atoms with van der Waals surface area (Å²) in [5.74, 6) is 0. The van der Waals surface area contributed by atoms with Crippen LogP contribution in [0.2, 0.25) is 0 Å². The molecular formula is C9H13N3O2. The molecule has 0 amide bonds. The SMILES string of the molecule is C=CCC(C)n1cc(N)c(=O)[nH]c1=O. The smallest absolute Gasteiger partial charge is 0.328 e. The Morgan fingerprint density at radius 3 is 2.93 bits per heavy atom. The third-order valence-electron chi connectivity index (χ3n) is 1.98. The van der Waals surface area contributed by atoms with Gasteiger partial charge in [-0.25, -0.2) is 4.79 Å². The number of rotatable bonds is 3. The molecule has 0 aliphatic carbocycles. The van der Waals surface area contributed by atoms with Gasteiger partial charge in [-0.05, 0) is 13.3 Å². The van der Waals surface area contributed by atoms with Gasteiger partial charge in [0.2, 0.25) is 0 Å². The van der Waals surface area contributed by atoms with Crippen LogP contribution in [-0.2, 0) is 0 Å². The summed E-state index contributed by atoms with van der Waals surface area (Å²) in [6.07, 6.45) is 3.71. The summed E-state index contributed by atoms with van der Waals surface area (Å²) in [5, 5.41) is 0. The Kier molecular flexibility index (Phi) is 2.91. The van der Waals surface area contributed by atoms with Gasteiger partial charge in [0.1, 0.15) is 5.69 Å². The van der Waals surface area contributed by atoms with Gasteiger partial charge in [0, 0.05) is 12.2 Å². The minimum Gasteiger partial charge on any atom is -0.393 e. The highest BCUT2D eigenvalue weighted by Gasteiger charge is 2.06. The molecule has 5 nitrogen and oxygen atoms in total. The standard InChI is InChI=1S/C9H13N3O2/c1-3-4-6(2)12-5-7(10)8(13)11-9(12)14/h3,5-6H,1,4,10H2,2H3,(H,11,13,14). The zero-order valence-electron chi connectivity index (χ0n) is 7.99. The second-order valence-electron chi connectivity index (χ2n) is 3.12. The van der Waals surface area contributed by atoms with Crippen LogP contribution in [0.1, 0.15) is 19.4 Å². The summed E-state index contributed by atoms with van der Waals surface area (Å²) in [5.41, 5.74) is 4.45. The van der Waals surface area contributed by atoms with E-state index in [1.807, 2.05) is 6.92 Å². The van der Waals surface area contributed by atoms with Gasteiger partial charge >= 0.3 is 5.69 Å². The largest absolute Gasteiger partial charge is 0.393 e. The number of aromatic amines is 1. The van der Waals surface area contributed by atoms with Gasteiger partial charge in [-0.3, -0.25) is 14.3 Å². The lowest BCUT2D eigenvalue weighted by Crippen LogP contribution is -2.32. The highest BCUT2D eigenvalue weighted by atomic mass is 16.2. The average Bonchev–Trinajstić information content (AvgIpc) is 2.11. The van der Waals surface area contributed by atoms with Crippen molar-refractivity contribution in [2.45, 2.75) is 19.4 Å². The summed E-state index contributed by atoms with van der Waals surface area (Å²) in [6.45, 7) is 5.43. The maximum Gasteiger partial charge on any atom is 0.328 e. The topological polar surface area (TPSA) is 80.9 Å². The van der Waals surface area contributed by atoms with E-state index < -0.39 is 11.2 Å². The molecule has 0 bridgehead atoms. The van der Waals surface area contributed by atoms with Crippen LogP contribution in [0.4, 0.5) is 5.69 Å². The van der Waals surface area contributed by atoms with Crippen LogP contribution in [0.25, 0.3) is 0 Å². The maximum atomic E-state index is 11.3. The molecule has 76 valence electrons. The number of anilines is 1. The Morgan fingerprint density at radius 2 is 2.36 bits per heavy atom. The van der Waals surface area contributed by atoms with Crippen molar-refractivity contribution in [1.82, 2.24) is 9.55 Å². The molecule has 5 heteroatoms. The van der Waals surface area contributed by atoms with E-state index in [0.29, 0.717) is 6.42 Å². The van der Waals surface area contributed by atoms with Gasteiger partial charge in [-0.2, -0.15) is 0 Å². The Hall–Kier alpha value is -1.78. The Balaban J connectivity index is 3.22. The molecule has 0 aromatic carbocycles. The van der Waals surface area contributed by atoms with E-state index in [1.54, 1.807) is 6.08 Å². The second-order valence-corrected chi connectivity index (χ2v) is 3.12. The molecule has 0 fully saturated rings. The average molecular weight is 195 g/mol. The summed E-state index contributed by atoms with van der Waals surface area (Å²) in [7, 11) is 0. The highest BCUT2D eigenvalue weighted by molar-refractivity contribution is 5.30. The molecule has 1 rings (SSSR count). The number of H-pyrrole nitrogens is 1. The molecule has 1 aromatic rings. The summed E-state index contributed by atoms with van der Waals surface area (Å²) < 4.78 is 1.39. The van der Waals surface area contributed by atoms with Crippen molar-refractivity contribution in [1.29, 1.82) is 0 Å². The Labute approximate surface area is 80.9 Å². The van der Waals surface area contributed by atoms with Crippen molar-refractivity contribution in [2.75, 3.05) is 5.73 Å². The number of nitrogen functional groups attached to an aromatic ring is 1. The molecule has 0 saturated carbocycles. The molecule has 1 unspecified atom stereocenters. The molecule has 0 radical (unpaired) electrons. The number of nitrogens with one attached hydrogen (secondary N) is 1. The number of hydrogen-bond donors (Lipinski definition) is 2. The molecule has 1 heterocycles. The molecule has 1 atom stereocenters. The van der Waals surface area contributed by atoms with E-state index in [9.17, 15) is 9.59 Å². The number of nitrogens with two attached hydrogens (primary N) is 1. The van der Waals surface area contributed by atoms with Crippen molar-refractivity contribution in [3.63, 3.8) is 0 Å². The van der Waals surface area contributed by atoms with Crippen molar-refractivity contribution in [3.05, 3.63) is 39.7 Å². The molecular weight excluding hydrogens is 182 g/mol. The van der Waals surface area contributed by atoms with Crippen LogP contribution in [0.15, 0.2) is 28.4 Å². The zero-order chi connectivity index (χ0) is 10.7. The molecule has 0 spiro atoms. The number of hydrogen-bond acceptors (Lipinski definition) is 3. The fourth-order valence-electron chi connectivity index (χ4n) is 1.18. The quantitative estimate of drug-likeness (QED) is 0.678. The van der Waals surface area contributed by atoms with Gasteiger partial charge in [-0.1, -0.05) is 6.08 Å². The van der Waals surface area contributed by atoms with Crippen molar-refractivity contribution < 1.29 is 0 Å². The third kappa shape index (κ3) is 1.93. The van der Waals surface area contributed by atoms with Crippen LogP contribution >= 0.6 is 0 Å². The summed E-state index contributed by atoms with van der Waals surface area (Å²) in [4.78, 5) is 24.4. The summed E-state index contributed by atoms with van der Waals surface area (Å²) >= 11 is 0. The summed E-state index contributed by atoms with van der Waals surface area (Å²) in [6, 6.07) is -0.0563. The van der Waals surface area contributed by atoms with Gasteiger partial charge < -0.3 is 5.73 Å². The third-order valence-corrected chi connectivity index (χ3v) is 1.98. The number of aromatic nitrogens is 2. The van der Waals surface area contributed by atoms with Crippen molar-refractivity contribution >= 4 is 5.69 Å². The molecule has 14 heavy (non-hydrogen) atoms. The minimum atomic E-state index is -0.544. The monoisotopic (exact) mass is 195 g/mol. The fraction of sp³-hybridized carbons (Fsp3) is 0.333. The Morgan fingerprint density at radius 1 is 1.71 bits per heavy atom. The molecule has 0 saturated heterocycles. The predicted molar refractivity (Wildman–Crippen MR) is 55.3 cm³/mol. The van der Waals surface area contributed by atoms with E-state index in [4.69, 9.17) is 5.73 Å². The maximum absolute atomic E-state index is 11.3. The molecule has 0 aliphatic rings. The first-order valence-corrected chi connectivity index (χ1v) is 4.28. The van der Waals surface area contributed by atoms with Crippen LogP contribution in [0.3, 0.4) is 0 Å². The van der Waals surface area contributed by atoms with E-state index in [1.165, 1.54) is 10.8 Å². The van der Waals surface area contributed by atoms with Crippen LogP contribution in [-0.4, -0.2) is 9.55 Å². The van der Waals surface area contributed by atoms with Crippen molar-refractivity contribution in [3.8, 4) is 0 Å². The first kappa shape index (κ1) is 10.3. The van der Waals surface area contributed by atoms with Crippen LogP contribution in [0.5, 0.6) is 0 Å². The Bertz CT molecular complexity index is 444. The van der Waals surface area contributed by atoms with Gasteiger partial charge in [-0.15, -0.1) is 6.58 Å². The lowest BCUT2D eigenvalue weighted by atomic mass is 10.2. The van der Waals surface area contributed by atoms with E-state index in [-0.39, 0.29) is 11.7 Å². The first-order chi connectivity index (χ1) is 6.56. The minimum absolute atomic E-state index is 0.0421. The van der Waals surface area contributed by atoms with Gasteiger partial charge in [0.05, 0.1) is 0 Å². The van der Waals surface area contributed by atoms with E-state index in [2.05, 4.69) is 11.6 Å². The normalized spacial score (nSPS) is 12.4. The number of allylic oxidation sites excluding steroid dienone is 1. The van der Waals surface area contributed by atoms with E-state index in [0.717, 1.165) is 0 Å². The van der Waals surface area contributed by atoms with Crippen LogP contribution in [0, 0.1) is 0 Å².